The van der Waals surface area contributed by atoms with Crippen LogP contribution in [0.2, 0.25) is 0 Å². The monoisotopic (exact) mass is 723 g/mol. The van der Waals surface area contributed by atoms with Crippen LogP contribution in [-0.4, -0.2) is 65.1 Å². The molecule has 0 radical (unpaired) electrons. The normalized spacial score (nSPS) is 22.6. The number of aromatic nitrogens is 5. The highest BCUT2D eigenvalue weighted by atomic mass is 79.9. The summed E-state index contributed by atoms with van der Waals surface area (Å²) in [6, 6.07) is 6.83. The fourth-order valence-electron chi connectivity index (χ4n) is 7.67. The summed E-state index contributed by atoms with van der Waals surface area (Å²) >= 11 is 3.42. The predicted molar refractivity (Wildman–Crippen MR) is 186 cm³/mol. The second kappa shape index (κ2) is 13.0. The molecular weight excluding hydrogens is 686 g/mol. The molecule has 5 heterocycles. The number of aryl methyl sites for hydroxylation is 2. The van der Waals surface area contributed by atoms with Crippen LogP contribution in [0.5, 0.6) is 0 Å². The highest BCUT2D eigenvalue weighted by molar-refractivity contribution is 9.10. The quantitative estimate of drug-likeness (QED) is 0.219. The SMILES string of the molecule is Cc1ncc(-c2cc3c4c(c2)c(C(N)=O)nn4CC(=O)N2[C@H](C(=O)Cc4nc(Br)ccc4C)C[C@@]4(CCC(=O)CCCC=CC3)C[C@@H]24)cn1. The molecule has 3 atom stereocenters. The Morgan fingerprint density at radius 1 is 1.04 bits per heavy atom. The Labute approximate surface area is 292 Å². The molecule has 2 amide bonds. The van der Waals surface area contributed by atoms with Crippen molar-refractivity contribution in [3.63, 3.8) is 0 Å². The minimum Gasteiger partial charge on any atom is -0.364 e. The van der Waals surface area contributed by atoms with Gasteiger partial charge < -0.3 is 10.6 Å². The van der Waals surface area contributed by atoms with E-state index in [-0.39, 0.29) is 47.6 Å². The number of amides is 2. The molecule has 0 spiro atoms. The van der Waals surface area contributed by atoms with E-state index in [1.807, 2.05) is 44.2 Å². The summed E-state index contributed by atoms with van der Waals surface area (Å²) in [5.41, 5.74) is 10.3. The Morgan fingerprint density at radius 3 is 2.61 bits per heavy atom. The molecule has 4 aromatic rings. The van der Waals surface area contributed by atoms with E-state index in [2.05, 4.69) is 42.1 Å². The van der Waals surface area contributed by atoms with Gasteiger partial charge in [0, 0.05) is 42.2 Å². The smallest absolute Gasteiger partial charge is 0.269 e. The van der Waals surface area contributed by atoms with E-state index in [1.165, 1.54) is 0 Å². The van der Waals surface area contributed by atoms with Crippen LogP contribution < -0.4 is 5.73 Å². The van der Waals surface area contributed by atoms with Crippen molar-refractivity contribution in [2.45, 2.75) is 90.3 Å². The summed E-state index contributed by atoms with van der Waals surface area (Å²) in [6.45, 7) is 3.56. The van der Waals surface area contributed by atoms with Gasteiger partial charge in [-0.2, -0.15) is 5.10 Å². The van der Waals surface area contributed by atoms with Gasteiger partial charge in [0.2, 0.25) is 5.91 Å². The summed E-state index contributed by atoms with van der Waals surface area (Å²) in [6.07, 6.45) is 12.5. The van der Waals surface area contributed by atoms with E-state index >= 15 is 0 Å². The van der Waals surface area contributed by atoms with Gasteiger partial charge in [-0.25, -0.2) is 15.0 Å². The van der Waals surface area contributed by atoms with Crippen molar-refractivity contribution in [1.29, 1.82) is 0 Å². The molecule has 2 fully saturated rings. The van der Waals surface area contributed by atoms with E-state index in [4.69, 9.17) is 5.73 Å². The van der Waals surface area contributed by atoms with Gasteiger partial charge in [0.15, 0.2) is 11.5 Å². The Morgan fingerprint density at radius 2 is 1.84 bits per heavy atom. The first-order valence-corrected chi connectivity index (χ1v) is 17.6. The van der Waals surface area contributed by atoms with Gasteiger partial charge in [-0.05, 0) is 109 Å². The zero-order chi connectivity index (χ0) is 34.4. The second-order valence-corrected chi connectivity index (χ2v) is 14.5. The average Bonchev–Trinajstić information content (AvgIpc) is 3.48. The third-order valence-corrected chi connectivity index (χ3v) is 10.8. The van der Waals surface area contributed by atoms with Crippen molar-refractivity contribution in [2.75, 3.05) is 0 Å². The minimum absolute atomic E-state index is 0.0712. The van der Waals surface area contributed by atoms with Crippen LogP contribution in [0.4, 0.5) is 0 Å². The van der Waals surface area contributed by atoms with Gasteiger partial charge in [-0.1, -0.05) is 18.2 Å². The number of carbonyl (C=O) groups excluding carboxylic acids is 4. The van der Waals surface area contributed by atoms with Gasteiger partial charge in [-0.3, -0.25) is 23.9 Å². The fourth-order valence-corrected chi connectivity index (χ4v) is 8.01. The zero-order valence-electron chi connectivity index (χ0n) is 27.6. The highest BCUT2D eigenvalue weighted by Gasteiger charge is 2.66. The summed E-state index contributed by atoms with van der Waals surface area (Å²) in [5, 5.41) is 5.16. The van der Waals surface area contributed by atoms with E-state index in [1.54, 1.807) is 22.0 Å². The topological polar surface area (TPSA) is 154 Å². The molecular formula is C37H38BrN7O4. The number of allylic oxidation sites excluding steroid dienone is 2. The van der Waals surface area contributed by atoms with Gasteiger partial charge in [0.05, 0.1) is 23.7 Å². The van der Waals surface area contributed by atoms with Gasteiger partial charge in [-0.15, -0.1) is 0 Å². The van der Waals surface area contributed by atoms with Gasteiger partial charge in [0.1, 0.15) is 22.8 Å². The molecule has 1 saturated carbocycles. The molecule has 49 heavy (non-hydrogen) atoms. The van der Waals surface area contributed by atoms with Gasteiger partial charge in [0.25, 0.3) is 5.91 Å². The van der Waals surface area contributed by atoms with E-state index in [0.717, 1.165) is 41.5 Å². The molecule has 3 aromatic heterocycles. The van der Waals surface area contributed by atoms with E-state index < -0.39 is 11.9 Å². The average molecular weight is 725 g/mol. The molecule has 2 N–H and O–H groups in total. The lowest BCUT2D eigenvalue weighted by atomic mass is 9.90. The first-order chi connectivity index (χ1) is 23.5. The number of nitrogens with two attached hydrogens (primary N) is 1. The first kappa shape index (κ1) is 32.9. The van der Waals surface area contributed by atoms with Crippen LogP contribution in [0.3, 0.4) is 0 Å². The molecule has 0 unspecified atom stereocenters. The van der Waals surface area contributed by atoms with Crippen LogP contribution in [0.25, 0.3) is 22.0 Å². The Bertz CT molecular complexity index is 2040. The number of hydrogen-bond acceptors (Lipinski definition) is 8. The number of benzene rings is 1. The standard InChI is InChI=1S/C37H38BrN7O4/c1-21-9-10-32(38)42-28(21)15-30(47)29-16-37-12-11-26(46)8-6-4-3-5-7-23-13-24(25-18-40-22(2)41-19-25)14-27-34(36(39)49)43-44(35(23)27)20-33(48)45(29)31(37)17-37/h3,5,9-10,13-14,18-19,29,31H,4,6-8,11-12,15-17,20H2,1-2H3,(H2,39,49)/t29-,31+,37-/m0/s1. The van der Waals surface area contributed by atoms with Crippen LogP contribution in [0, 0.1) is 19.3 Å². The number of nitrogens with zero attached hydrogens (tertiary/aromatic N) is 6. The third kappa shape index (κ3) is 6.46. The lowest BCUT2D eigenvalue weighted by Crippen LogP contribution is -2.45. The van der Waals surface area contributed by atoms with Crippen LogP contribution in [-0.2, 0) is 33.8 Å². The molecule has 1 aliphatic carbocycles. The number of piperidine rings is 1. The first-order valence-electron chi connectivity index (χ1n) is 16.8. The Hall–Kier alpha value is -4.58. The number of halogens is 1. The Kier molecular flexibility index (Phi) is 8.76. The van der Waals surface area contributed by atoms with Crippen molar-refractivity contribution < 1.29 is 19.2 Å². The molecule has 1 saturated heterocycles. The molecule has 11 nitrogen and oxygen atoms in total. The maximum absolute atomic E-state index is 14.4. The molecule has 2 bridgehead atoms. The molecule has 7 rings (SSSR count). The van der Waals surface area contributed by atoms with Crippen LogP contribution >= 0.6 is 15.9 Å². The number of Topliss-reactive ketones (excluding diaryl/α,β-unsaturated/α-hetero) is 2. The van der Waals surface area contributed by atoms with E-state index in [9.17, 15) is 19.2 Å². The molecule has 1 aromatic carbocycles. The Balaban J connectivity index is 1.30. The van der Waals surface area contributed by atoms with Crippen LogP contribution in [0.15, 0.2) is 53.4 Å². The minimum atomic E-state index is -0.700. The van der Waals surface area contributed by atoms with Crippen LogP contribution in [0.1, 0.15) is 78.1 Å². The lowest BCUT2D eigenvalue weighted by Gasteiger charge is -2.27. The summed E-state index contributed by atoms with van der Waals surface area (Å²) in [4.78, 5) is 69.2. The maximum atomic E-state index is 14.4. The van der Waals surface area contributed by atoms with Crippen molar-refractivity contribution in [1.82, 2.24) is 29.6 Å². The number of ketones is 2. The number of rotatable bonds is 5. The van der Waals surface area contributed by atoms with Crippen molar-refractivity contribution in [2.24, 2.45) is 11.1 Å². The summed E-state index contributed by atoms with van der Waals surface area (Å²) in [7, 11) is 0. The van der Waals surface area contributed by atoms with E-state index in [0.29, 0.717) is 59.1 Å². The largest absolute Gasteiger partial charge is 0.364 e. The fraction of sp³-hybridized carbons (Fsp3) is 0.405. The number of carbonyl (C=O) groups is 4. The molecule has 12 heteroatoms. The molecule has 252 valence electrons. The molecule has 2 aliphatic heterocycles. The number of hydrogen-bond donors (Lipinski definition) is 1. The second-order valence-electron chi connectivity index (χ2n) is 13.7. The van der Waals surface area contributed by atoms with Gasteiger partial charge >= 0.3 is 0 Å². The van der Waals surface area contributed by atoms with Crippen molar-refractivity contribution >= 4 is 50.2 Å². The number of primary amides is 1. The zero-order valence-corrected chi connectivity index (χ0v) is 29.2. The third-order valence-electron chi connectivity index (χ3n) is 10.4. The number of pyridine rings is 1. The summed E-state index contributed by atoms with van der Waals surface area (Å²) in [5.74, 6) is -0.174. The predicted octanol–water partition coefficient (Wildman–Crippen LogP) is 5.17. The summed E-state index contributed by atoms with van der Waals surface area (Å²) < 4.78 is 2.22. The maximum Gasteiger partial charge on any atom is 0.269 e. The van der Waals surface area contributed by atoms with Crippen molar-refractivity contribution in [3.05, 3.63) is 81.8 Å². The molecule has 3 aliphatic rings. The highest BCUT2D eigenvalue weighted by Crippen LogP contribution is 2.62. The van der Waals surface area contributed by atoms with Crippen molar-refractivity contribution in [3.8, 4) is 11.1 Å². The lowest BCUT2D eigenvalue weighted by molar-refractivity contribution is -0.139.